The summed E-state index contributed by atoms with van der Waals surface area (Å²) in [7, 11) is 0. The monoisotopic (exact) mass is 244 g/mol. The molecule has 0 radical (unpaired) electrons. The van der Waals surface area contributed by atoms with Crippen molar-refractivity contribution in [3.8, 4) is 6.07 Å². The van der Waals surface area contributed by atoms with E-state index in [9.17, 15) is 0 Å². The van der Waals surface area contributed by atoms with Crippen molar-refractivity contribution in [2.45, 2.75) is 46.6 Å². The number of hydrogen-bond donors (Lipinski definition) is 1. The Kier molecular flexibility index (Phi) is 5.88. The average molecular weight is 244 g/mol. The van der Waals surface area contributed by atoms with Gasteiger partial charge in [-0.2, -0.15) is 5.26 Å². The number of rotatable bonds is 7. The minimum Gasteiger partial charge on any atom is -0.313 e. The standard InChI is InChI=1S/C16H24N2/c1-4-14-8-5-6-9-15(14)12-18-11-7-10-16(2,3)13-17/h5-6,8-9,18H,4,7,10-12H2,1-3H3. The number of nitrogens with one attached hydrogen (secondary N) is 1. The second kappa shape index (κ2) is 7.18. The lowest BCUT2D eigenvalue weighted by atomic mass is 9.90. The molecule has 18 heavy (non-hydrogen) atoms. The van der Waals surface area contributed by atoms with Gasteiger partial charge in [-0.3, -0.25) is 0 Å². The number of aryl methyl sites for hydroxylation is 1. The zero-order valence-electron chi connectivity index (χ0n) is 11.8. The number of nitriles is 1. The van der Waals surface area contributed by atoms with Crippen molar-refractivity contribution < 1.29 is 0 Å². The molecule has 0 saturated heterocycles. The normalized spacial score (nSPS) is 11.2. The van der Waals surface area contributed by atoms with E-state index in [1.165, 1.54) is 11.1 Å². The van der Waals surface area contributed by atoms with Gasteiger partial charge >= 0.3 is 0 Å². The van der Waals surface area contributed by atoms with Crippen LogP contribution in [0.15, 0.2) is 24.3 Å². The third-order valence-corrected chi connectivity index (χ3v) is 3.27. The van der Waals surface area contributed by atoms with Gasteiger partial charge in [0.15, 0.2) is 0 Å². The van der Waals surface area contributed by atoms with Crippen LogP contribution in [0.3, 0.4) is 0 Å². The van der Waals surface area contributed by atoms with E-state index < -0.39 is 0 Å². The Labute approximate surface area is 111 Å². The highest BCUT2D eigenvalue weighted by Crippen LogP contribution is 2.20. The number of benzene rings is 1. The maximum Gasteiger partial charge on any atom is 0.0683 e. The number of hydrogen-bond acceptors (Lipinski definition) is 2. The van der Waals surface area contributed by atoms with Crippen LogP contribution in [0.1, 0.15) is 44.7 Å². The molecule has 0 unspecified atom stereocenters. The van der Waals surface area contributed by atoms with Crippen LogP contribution in [0, 0.1) is 16.7 Å². The van der Waals surface area contributed by atoms with Crippen molar-refractivity contribution in [2.75, 3.05) is 6.54 Å². The first-order valence-corrected chi connectivity index (χ1v) is 6.78. The van der Waals surface area contributed by atoms with E-state index in [1.54, 1.807) is 0 Å². The van der Waals surface area contributed by atoms with Gasteiger partial charge in [0.05, 0.1) is 11.5 Å². The fraction of sp³-hybridized carbons (Fsp3) is 0.562. The molecule has 0 aromatic heterocycles. The van der Waals surface area contributed by atoms with Crippen molar-refractivity contribution in [1.82, 2.24) is 5.32 Å². The molecule has 0 saturated carbocycles. The van der Waals surface area contributed by atoms with Crippen LogP contribution in [-0.4, -0.2) is 6.54 Å². The highest BCUT2D eigenvalue weighted by atomic mass is 14.8. The highest BCUT2D eigenvalue weighted by Gasteiger charge is 2.15. The molecule has 1 rings (SSSR count). The molecule has 1 aromatic carbocycles. The van der Waals surface area contributed by atoms with Crippen molar-refractivity contribution in [3.05, 3.63) is 35.4 Å². The maximum absolute atomic E-state index is 8.93. The lowest BCUT2D eigenvalue weighted by molar-refractivity contribution is 0.426. The molecule has 0 aliphatic rings. The fourth-order valence-electron chi connectivity index (χ4n) is 2.01. The second-order valence-corrected chi connectivity index (χ2v) is 5.40. The molecular weight excluding hydrogens is 220 g/mol. The molecule has 0 spiro atoms. The molecule has 2 nitrogen and oxygen atoms in total. The third-order valence-electron chi connectivity index (χ3n) is 3.27. The topological polar surface area (TPSA) is 35.8 Å². The molecular formula is C16H24N2. The Hall–Kier alpha value is -1.33. The van der Waals surface area contributed by atoms with E-state index in [-0.39, 0.29) is 5.41 Å². The number of nitrogens with zero attached hydrogens (tertiary/aromatic N) is 1. The molecule has 0 fully saturated rings. The second-order valence-electron chi connectivity index (χ2n) is 5.40. The molecule has 2 heteroatoms. The van der Waals surface area contributed by atoms with Crippen LogP contribution >= 0.6 is 0 Å². The first-order chi connectivity index (χ1) is 8.59. The quantitative estimate of drug-likeness (QED) is 0.743. The molecule has 0 atom stereocenters. The van der Waals surface area contributed by atoms with Gasteiger partial charge in [0.2, 0.25) is 0 Å². The van der Waals surface area contributed by atoms with Gasteiger partial charge in [-0.15, -0.1) is 0 Å². The minimum absolute atomic E-state index is 0.191. The third kappa shape index (κ3) is 4.89. The Morgan fingerprint density at radius 1 is 1.22 bits per heavy atom. The highest BCUT2D eigenvalue weighted by molar-refractivity contribution is 5.26. The van der Waals surface area contributed by atoms with Crippen molar-refractivity contribution in [2.24, 2.45) is 5.41 Å². The van der Waals surface area contributed by atoms with Gasteiger partial charge in [-0.05, 0) is 50.8 Å². The summed E-state index contributed by atoms with van der Waals surface area (Å²) in [6.45, 7) is 8.09. The van der Waals surface area contributed by atoms with Gasteiger partial charge in [-0.1, -0.05) is 31.2 Å². The summed E-state index contributed by atoms with van der Waals surface area (Å²) in [4.78, 5) is 0. The van der Waals surface area contributed by atoms with Crippen LogP contribution in [0.4, 0.5) is 0 Å². The lowest BCUT2D eigenvalue weighted by Gasteiger charge is -2.15. The SMILES string of the molecule is CCc1ccccc1CNCCCC(C)(C)C#N. The largest absolute Gasteiger partial charge is 0.313 e. The van der Waals surface area contributed by atoms with Crippen molar-refractivity contribution in [3.63, 3.8) is 0 Å². The van der Waals surface area contributed by atoms with Gasteiger partial charge in [0.1, 0.15) is 0 Å². The maximum atomic E-state index is 8.93. The summed E-state index contributed by atoms with van der Waals surface area (Å²) < 4.78 is 0. The van der Waals surface area contributed by atoms with Gasteiger partial charge < -0.3 is 5.32 Å². The summed E-state index contributed by atoms with van der Waals surface area (Å²) >= 11 is 0. The lowest BCUT2D eigenvalue weighted by Crippen LogP contribution is -2.18. The first-order valence-electron chi connectivity index (χ1n) is 6.78. The molecule has 0 heterocycles. The first kappa shape index (κ1) is 14.7. The van der Waals surface area contributed by atoms with Crippen LogP contribution in [0.25, 0.3) is 0 Å². The zero-order chi connectivity index (χ0) is 13.4. The minimum atomic E-state index is -0.191. The Balaban J connectivity index is 2.28. The van der Waals surface area contributed by atoms with E-state index in [2.05, 4.69) is 42.6 Å². The molecule has 1 aromatic rings. The average Bonchev–Trinajstić information content (AvgIpc) is 2.38. The van der Waals surface area contributed by atoms with E-state index in [0.29, 0.717) is 0 Å². The smallest absolute Gasteiger partial charge is 0.0683 e. The summed E-state index contributed by atoms with van der Waals surface area (Å²) in [6.07, 6.45) is 3.08. The van der Waals surface area contributed by atoms with Crippen LogP contribution < -0.4 is 5.32 Å². The van der Waals surface area contributed by atoms with Gasteiger partial charge in [0, 0.05) is 6.54 Å². The molecule has 98 valence electrons. The Morgan fingerprint density at radius 3 is 2.50 bits per heavy atom. The Bertz CT molecular complexity index is 402. The predicted molar refractivity (Wildman–Crippen MR) is 76.2 cm³/mol. The zero-order valence-corrected chi connectivity index (χ0v) is 11.8. The van der Waals surface area contributed by atoms with E-state index in [1.807, 2.05) is 13.8 Å². The molecule has 0 aliphatic heterocycles. The van der Waals surface area contributed by atoms with E-state index in [4.69, 9.17) is 5.26 Å². The van der Waals surface area contributed by atoms with Crippen molar-refractivity contribution >= 4 is 0 Å². The van der Waals surface area contributed by atoms with Crippen molar-refractivity contribution in [1.29, 1.82) is 5.26 Å². The van der Waals surface area contributed by atoms with E-state index >= 15 is 0 Å². The van der Waals surface area contributed by atoms with Crippen LogP contribution in [-0.2, 0) is 13.0 Å². The fourth-order valence-corrected chi connectivity index (χ4v) is 2.01. The summed E-state index contributed by atoms with van der Waals surface area (Å²) in [5.41, 5.74) is 2.62. The molecule has 0 aliphatic carbocycles. The summed E-state index contributed by atoms with van der Waals surface area (Å²) in [5.74, 6) is 0. The Morgan fingerprint density at radius 2 is 1.89 bits per heavy atom. The molecule has 0 amide bonds. The predicted octanol–water partition coefficient (Wildman–Crippen LogP) is 3.67. The molecule has 0 bridgehead atoms. The molecule has 1 N–H and O–H groups in total. The van der Waals surface area contributed by atoms with E-state index in [0.717, 1.165) is 32.4 Å². The van der Waals surface area contributed by atoms with Crippen LogP contribution in [0.2, 0.25) is 0 Å². The summed E-state index contributed by atoms with van der Waals surface area (Å²) in [6, 6.07) is 10.9. The van der Waals surface area contributed by atoms with Crippen LogP contribution in [0.5, 0.6) is 0 Å². The van der Waals surface area contributed by atoms with Gasteiger partial charge in [0.25, 0.3) is 0 Å². The van der Waals surface area contributed by atoms with Gasteiger partial charge in [-0.25, -0.2) is 0 Å². The summed E-state index contributed by atoms with van der Waals surface area (Å²) in [5, 5.41) is 12.4.